The first-order valence-electron chi connectivity index (χ1n) is 20.8. The molecule has 2 amide bonds. The summed E-state index contributed by atoms with van der Waals surface area (Å²) in [6, 6.07) is 5.96. The lowest BCUT2D eigenvalue weighted by Crippen LogP contribution is -2.60. The van der Waals surface area contributed by atoms with E-state index in [4.69, 9.17) is 29.4 Å². The number of unbranched alkanes of at least 4 members (excludes halogenated alkanes) is 1. The van der Waals surface area contributed by atoms with Gasteiger partial charge < -0.3 is 44.7 Å². The predicted octanol–water partition coefficient (Wildman–Crippen LogP) is 3.42. The number of ketones is 1. The fourth-order valence-corrected chi connectivity index (χ4v) is 8.92. The largest absolute Gasteiger partial charge is 0.457 e. The third-order valence-electron chi connectivity index (χ3n) is 12.4. The Kier molecular flexibility index (Phi) is 14.8. The van der Waals surface area contributed by atoms with E-state index in [2.05, 4.69) is 15.6 Å². The van der Waals surface area contributed by atoms with Crippen LogP contribution in [0, 0.1) is 17.8 Å². The Morgan fingerprint density at radius 2 is 1.80 bits per heavy atom. The normalized spacial score (nSPS) is 35.1. The smallest absolute Gasteiger partial charge is 0.411 e. The van der Waals surface area contributed by atoms with E-state index in [0.29, 0.717) is 43.6 Å². The van der Waals surface area contributed by atoms with Crippen LogP contribution in [-0.2, 0) is 44.6 Å². The molecule has 328 valence electrons. The molecule has 3 fully saturated rings. The minimum atomic E-state index is -1.58. The number of nitrogen functional groups attached to an aromatic ring is 1. The standard InChI is InChI=1S/C42H65N7O10/c1-11-32-42(7)35(49(40(54)59-42)18-13-12-17-48-23-30(45-46-48)28-15-14-16-29(43)20-28)37(52)44-22-24(2)21-41(6,55-10)36(26(4)33(50)27(5)38(53)57-32)58-39-34(51)31(47(8)9)19-25(3)56-39/h14-16,20,23-27,31-32,34-36,39,51H,11-13,17-19,21-22,43H2,1-10H3,(H,44,52)/t24-,25-,26+,27?,31?,32-,34?,35-,36-,39+,41-,42-/m1/s1. The fraction of sp³-hybridized carbons (Fsp3) is 0.714. The molecule has 17 nitrogen and oxygen atoms in total. The molecule has 4 heterocycles. The van der Waals surface area contributed by atoms with E-state index in [1.807, 2.05) is 64.2 Å². The van der Waals surface area contributed by atoms with Crippen molar-refractivity contribution in [2.24, 2.45) is 17.8 Å². The number of hydrogen-bond donors (Lipinski definition) is 3. The van der Waals surface area contributed by atoms with Gasteiger partial charge in [0.25, 0.3) is 0 Å². The third kappa shape index (κ3) is 10.1. The lowest BCUT2D eigenvalue weighted by Gasteiger charge is -2.46. The van der Waals surface area contributed by atoms with Crippen molar-refractivity contribution in [2.75, 3.05) is 40.0 Å². The molecule has 12 atom stereocenters. The summed E-state index contributed by atoms with van der Waals surface area (Å²) in [5.74, 6) is -4.18. The third-order valence-corrected chi connectivity index (χ3v) is 12.4. The molecule has 1 aromatic heterocycles. The molecule has 0 aliphatic carbocycles. The van der Waals surface area contributed by atoms with Gasteiger partial charge in [-0.3, -0.25) is 24.0 Å². The maximum Gasteiger partial charge on any atom is 0.411 e. The average Bonchev–Trinajstić information content (AvgIpc) is 3.77. The van der Waals surface area contributed by atoms with E-state index in [9.17, 15) is 24.3 Å². The number of aliphatic hydroxyl groups is 1. The van der Waals surface area contributed by atoms with Crippen LogP contribution in [0.2, 0.25) is 0 Å². The monoisotopic (exact) mass is 827 g/mol. The van der Waals surface area contributed by atoms with Gasteiger partial charge in [-0.1, -0.05) is 38.1 Å². The van der Waals surface area contributed by atoms with Crippen LogP contribution in [0.3, 0.4) is 0 Å². The van der Waals surface area contributed by atoms with Gasteiger partial charge in [-0.05, 0) is 91.9 Å². The number of hydrogen-bond acceptors (Lipinski definition) is 14. The van der Waals surface area contributed by atoms with E-state index < -0.39 is 77.4 Å². The number of carbonyl (C=O) groups excluding carboxylic acids is 4. The highest BCUT2D eigenvalue weighted by atomic mass is 16.7. The second-order valence-corrected chi connectivity index (χ2v) is 17.3. The summed E-state index contributed by atoms with van der Waals surface area (Å²) < 4.78 is 32.6. The molecule has 3 aliphatic rings. The number of aliphatic hydroxyl groups excluding tert-OH is 1. The number of ether oxygens (including phenoxy) is 5. The van der Waals surface area contributed by atoms with Crippen LogP contribution in [0.4, 0.5) is 10.5 Å². The van der Waals surface area contributed by atoms with E-state index in [0.717, 1.165) is 5.56 Å². The van der Waals surface area contributed by atoms with Crippen molar-refractivity contribution in [2.45, 2.75) is 141 Å². The van der Waals surface area contributed by atoms with Gasteiger partial charge in [0.05, 0.1) is 24.0 Å². The lowest BCUT2D eigenvalue weighted by atomic mass is 9.78. The molecule has 3 aliphatic heterocycles. The Hall–Kier alpha value is -4.16. The predicted molar refractivity (Wildman–Crippen MR) is 218 cm³/mol. The number of likely N-dealkylation sites (N-methyl/N-ethyl adjacent to an activating group) is 1. The number of aromatic nitrogens is 3. The topological polar surface area (TPSA) is 210 Å². The molecule has 5 rings (SSSR count). The van der Waals surface area contributed by atoms with Crippen molar-refractivity contribution < 1.29 is 48.0 Å². The Morgan fingerprint density at radius 1 is 1.08 bits per heavy atom. The van der Waals surface area contributed by atoms with Gasteiger partial charge in [-0.2, -0.15) is 0 Å². The molecule has 59 heavy (non-hydrogen) atoms. The van der Waals surface area contributed by atoms with Gasteiger partial charge >= 0.3 is 12.1 Å². The van der Waals surface area contributed by atoms with Crippen molar-refractivity contribution in [1.29, 1.82) is 0 Å². The van der Waals surface area contributed by atoms with Gasteiger partial charge in [-0.15, -0.1) is 5.10 Å². The minimum absolute atomic E-state index is 0.179. The number of nitrogens with two attached hydrogens (primary N) is 1. The number of aryl methyl sites for hydroxylation is 1. The summed E-state index contributed by atoms with van der Waals surface area (Å²) in [7, 11) is 5.27. The first kappa shape index (κ1) is 45.9. The Balaban J connectivity index is 1.38. The number of fused-ring (bicyclic) bond motifs is 1. The number of nitrogens with one attached hydrogen (secondary N) is 1. The lowest BCUT2D eigenvalue weighted by molar-refractivity contribution is -0.295. The molecule has 2 aromatic rings. The second-order valence-electron chi connectivity index (χ2n) is 17.3. The van der Waals surface area contributed by atoms with Gasteiger partial charge in [0.1, 0.15) is 23.8 Å². The molecule has 1 aromatic carbocycles. The van der Waals surface area contributed by atoms with Crippen LogP contribution in [-0.4, -0.2) is 142 Å². The number of anilines is 1. The maximum absolute atomic E-state index is 14.4. The number of esters is 1. The first-order chi connectivity index (χ1) is 27.8. The van der Waals surface area contributed by atoms with Crippen molar-refractivity contribution in [3.05, 3.63) is 30.5 Å². The van der Waals surface area contributed by atoms with Crippen LogP contribution >= 0.6 is 0 Å². The highest BCUT2D eigenvalue weighted by Crippen LogP contribution is 2.39. The Bertz CT molecular complexity index is 1790. The summed E-state index contributed by atoms with van der Waals surface area (Å²) in [6.45, 7) is 13.0. The fourth-order valence-electron chi connectivity index (χ4n) is 8.92. The Labute approximate surface area is 347 Å². The van der Waals surface area contributed by atoms with Gasteiger partial charge in [0, 0.05) is 50.0 Å². The van der Waals surface area contributed by atoms with Crippen molar-refractivity contribution in [3.63, 3.8) is 0 Å². The van der Waals surface area contributed by atoms with Gasteiger partial charge in [0.15, 0.2) is 23.7 Å². The zero-order valence-electron chi connectivity index (χ0n) is 36.3. The van der Waals surface area contributed by atoms with E-state index in [-0.39, 0.29) is 37.6 Å². The molecule has 0 spiro atoms. The second kappa shape index (κ2) is 19.0. The van der Waals surface area contributed by atoms with Crippen LogP contribution in [0.1, 0.15) is 80.6 Å². The highest BCUT2D eigenvalue weighted by Gasteiger charge is 2.60. The summed E-state index contributed by atoms with van der Waals surface area (Å²) in [4.78, 5) is 59.6. The van der Waals surface area contributed by atoms with Crippen molar-refractivity contribution >= 4 is 29.4 Å². The zero-order valence-corrected chi connectivity index (χ0v) is 36.3. The number of Topliss-reactive ketones (excluding diaryl/α,β-unsaturated/α-hetero) is 1. The quantitative estimate of drug-likeness (QED) is 0.128. The molecule has 4 N–H and O–H groups in total. The maximum atomic E-state index is 14.4. The SMILES string of the molecule is CC[C@H]1OC(=O)C(C)C(=O)[C@H](C)[C@@H](O[C@@H]2O[C@H](C)CC(N(C)C)C2O)[C@](C)(OC)C[C@@H](C)CNC(=O)[C@H]2N(CCCCn3cc(-c4cccc(N)c4)nn3)C(=O)O[C@]12C. The number of cyclic esters (lactones) is 1. The average molecular weight is 828 g/mol. The van der Waals surface area contributed by atoms with Gasteiger partial charge in [0.2, 0.25) is 5.91 Å². The van der Waals surface area contributed by atoms with Crippen molar-refractivity contribution in [3.8, 4) is 11.3 Å². The van der Waals surface area contributed by atoms with E-state index in [1.165, 1.54) is 18.9 Å². The van der Waals surface area contributed by atoms with E-state index >= 15 is 0 Å². The summed E-state index contributed by atoms with van der Waals surface area (Å²) in [5, 5.41) is 23.0. The molecule has 3 saturated heterocycles. The molecule has 17 heteroatoms. The summed E-state index contributed by atoms with van der Waals surface area (Å²) >= 11 is 0. The highest BCUT2D eigenvalue weighted by molar-refractivity contribution is 6.00. The zero-order chi connectivity index (χ0) is 43.4. The van der Waals surface area contributed by atoms with Crippen LogP contribution in [0.25, 0.3) is 11.3 Å². The van der Waals surface area contributed by atoms with Crippen molar-refractivity contribution in [1.82, 2.24) is 30.1 Å². The Morgan fingerprint density at radius 3 is 2.46 bits per heavy atom. The van der Waals surface area contributed by atoms with Crippen LogP contribution in [0.5, 0.6) is 0 Å². The molecular formula is C42H65N7O10. The number of rotatable bonds is 11. The number of benzene rings is 1. The minimum Gasteiger partial charge on any atom is -0.457 e. The van der Waals surface area contributed by atoms with Crippen LogP contribution in [0.15, 0.2) is 30.5 Å². The molecule has 0 saturated carbocycles. The van der Waals surface area contributed by atoms with Gasteiger partial charge in [-0.25, -0.2) is 4.79 Å². The number of nitrogens with zero attached hydrogens (tertiary/aromatic N) is 5. The van der Waals surface area contributed by atoms with Crippen LogP contribution < -0.4 is 11.1 Å². The molecule has 3 unspecified atom stereocenters. The number of methoxy groups -OCH3 is 1. The molecule has 0 bridgehead atoms. The summed E-state index contributed by atoms with van der Waals surface area (Å²) in [6.07, 6.45) is -1.12. The molecular weight excluding hydrogens is 763 g/mol. The van der Waals surface area contributed by atoms with E-state index in [1.54, 1.807) is 31.5 Å². The molecule has 0 radical (unpaired) electrons. The number of carbonyl (C=O) groups is 4. The summed E-state index contributed by atoms with van der Waals surface area (Å²) in [5.41, 5.74) is 5.36. The number of amides is 2. The first-order valence-corrected chi connectivity index (χ1v) is 20.8.